The average Bonchev–Trinajstić information content (AvgIpc) is 2.89. The average molecular weight is 243 g/mol. The first-order valence-electron chi connectivity index (χ1n) is 4.29. The SMILES string of the molecule is CNc1ncc(Br)c(C2CC2)c1O. The first-order chi connectivity index (χ1) is 6.24. The van der Waals surface area contributed by atoms with Gasteiger partial charge in [0.05, 0.1) is 0 Å². The Morgan fingerprint density at radius 1 is 1.62 bits per heavy atom. The molecule has 1 fully saturated rings. The van der Waals surface area contributed by atoms with Crippen LogP contribution in [-0.2, 0) is 0 Å². The van der Waals surface area contributed by atoms with E-state index in [-0.39, 0.29) is 0 Å². The molecular weight excluding hydrogens is 232 g/mol. The Hall–Kier alpha value is -0.770. The fourth-order valence-corrected chi connectivity index (χ4v) is 2.05. The highest BCUT2D eigenvalue weighted by Crippen LogP contribution is 2.48. The van der Waals surface area contributed by atoms with Gasteiger partial charge in [-0.2, -0.15) is 0 Å². The van der Waals surface area contributed by atoms with Gasteiger partial charge in [0.25, 0.3) is 0 Å². The monoisotopic (exact) mass is 242 g/mol. The quantitative estimate of drug-likeness (QED) is 0.838. The number of nitrogens with one attached hydrogen (secondary N) is 1. The van der Waals surface area contributed by atoms with Gasteiger partial charge in [0, 0.05) is 23.3 Å². The smallest absolute Gasteiger partial charge is 0.168 e. The van der Waals surface area contributed by atoms with Crippen LogP contribution in [0.2, 0.25) is 0 Å². The molecule has 0 unspecified atom stereocenters. The molecule has 1 heterocycles. The summed E-state index contributed by atoms with van der Waals surface area (Å²) < 4.78 is 0.909. The van der Waals surface area contributed by atoms with Crippen LogP contribution < -0.4 is 5.32 Å². The largest absolute Gasteiger partial charge is 0.504 e. The second-order valence-corrected chi connectivity index (χ2v) is 4.10. The summed E-state index contributed by atoms with van der Waals surface area (Å²) in [5.74, 6) is 1.37. The van der Waals surface area contributed by atoms with Crippen LogP contribution >= 0.6 is 15.9 Å². The highest BCUT2D eigenvalue weighted by Gasteiger charge is 2.29. The molecule has 0 bridgehead atoms. The molecule has 0 aliphatic heterocycles. The molecule has 1 aliphatic carbocycles. The van der Waals surface area contributed by atoms with Crippen LogP contribution in [-0.4, -0.2) is 17.1 Å². The molecule has 0 radical (unpaired) electrons. The van der Waals surface area contributed by atoms with E-state index in [4.69, 9.17) is 0 Å². The van der Waals surface area contributed by atoms with Crippen molar-refractivity contribution in [3.63, 3.8) is 0 Å². The summed E-state index contributed by atoms with van der Waals surface area (Å²) in [6.45, 7) is 0. The van der Waals surface area contributed by atoms with Gasteiger partial charge in [-0.25, -0.2) is 4.98 Å². The minimum Gasteiger partial charge on any atom is -0.504 e. The first-order valence-corrected chi connectivity index (χ1v) is 5.08. The van der Waals surface area contributed by atoms with E-state index in [1.165, 1.54) is 12.8 Å². The lowest BCUT2D eigenvalue weighted by molar-refractivity contribution is 0.467. The zero-order valence-electron chi connectivity index (χ0n) is 7.34. The van der Waals surface area contributed by atoms with E-state index in [1.807, 2.05) is 0 Å². The van der Waals surface area contributed by atoms with Crippen molar-refractivity contribution in [3.8, 4) is 5.75 Å². The van der Waals surface area contributed by atoms with E-state index < -0.39 is 0 Å². The van der Waals surface area contributed by atoms with Gasteiger partial charge >= 0.3 is 0 Å². The van der Waals surface area contributed by atoms with E-state index in [0.29, 0.717) is 17.5 Å². The van der Waals surface area contributed by atoms with Gasteiger partial charge in [-0.1, -0.05) is 0 Å². The maximum Gasteiger partial charge on any atom is 0.168 e. The maximum absolute atomic E-state index is 9.83. The zero-order valence-corrected chi connectivity index (χ0v) is 8.93. The topological polar surface area (TPSA) is 45.2 Å². The van der Waals surface area contributed by atoms with Gasteiger partial charge in [0.2, 0.25) is 0 Å². The minimum absolute atomic E-state index is 0.291. The Morgan fingerprint density at radius 2 is 2.31 bits per heavy atom. The van der Waals surface area contributed by atoms with E-state index in [2.05, 4.69) is 26.2 Å². The standard InChI is InChI=1S/C9H11BrN2O/c1-11-9-8(13)7(5-2-3-5)6(10)4-12-9/h4-5,13H,2-3H2,1H3,(H,11,12). The van der Waals surface area contributed by atoms with Gasteiger partial charge in [-0.15, -0.1) is 0 Å². The van der Waals surface area contributed by atoms with Crippen molar-refractivity contribution in [2.24, 2.45) is 0 Å². The Bertz CT molecular complexity index is 337. The summed E-state index contributed by atoms with van der Waals surface area (Å²) in [4.78, 5) is 4.06. The van der Waals surface area contributed by atoms with Gasteiger partial charge in [-0.3, -0.25) is 0 Å². The molecule has 0 saturated heterocycles. The third-order valence-corrected chi connectivity index (χ3v) is 2.90. The number of hydrogen-bond acceptors (Lipinski definition) is 3. The molecule has 1 aromatic heterocycles. The second-order valence-electron chi connectivity index (χ2n) is 3.24. The predicted molar refractivity (Wildman–Crippen MR) is 55.1 cm³/mol. The zero-order chi connectivity index (χ0) is 9.42. The summed E-state index contributed by atoms with van der Waals surface area (Å²) in [5.41, 5.74) is 0.999. The number of rotatable bonds is 2. The number of aromatic nitrogens is 1. The highest BCUT2D eigenvalue weighted by molar-refractivity contribution is 9.10. The van der Waals surface area contributed by atoms with Crippen LogP contribution in [0.4, 0.5) is 5.82 Å². The Balaban J connectivity index is 2.50. The molecule has 3 nitrogen and oxygen atoms in total. The summed E-state index contributed by atoms with van der Waals surface area (Å²) in [7, 11) is 1.76. The molecule has 0 aromatic carbocycles. The van der Waals surface area contributed by atoms with Gasteiger partial charge in [0.15, 0.2) is 11.6 Å². The second kappa shape index (κ2) is 3.18. The van der Waals surface area contributed by atoms with Gasteiger partial charge < -0.3 is 10.4 Å². The third-order valence-electron chi connectivity index (χ3n) is 2.27. The van der Waals surface area contributed by atoms with Crippen LogP contribution in [0.25, 0.3) is 0 Å². The summed E-state index contributed by atoms with van der Waals surface area (Å²) in [6.07, 6.45) is 4.07. The van der Waals surface area contributed by atoms with E-state index in [9.17, 15) is 5.11 Å². The summed E-state index contributed by atoms with van der Waals surface area (Å²) in [6, 6.07) is 0. The number of nitrogens with zero attached hydrogens (tertiary/aromatic N) is 1. The Kier molecular flexibility index (Phi) is 2.15. The Labute approximate surface area is 85.3 Å². The number of hydrogen-bond donors (Lipinski definition) is 2. The van der Waals surface area contributed by atoms with Crippen molar-refractivity contribution in [1.82, 2.24) is 4.98 Å². The summed E-state index contributed by atoms with van der Waals surface area (Å²) >= 11 is 3.40. The lowest BCUT2D eigenvalue weighted by Crippen LogP contribution is -1.95. The molecule has 0 amide bonds. The molecule has 1 aromatic rings. The van der Waals surface area contributed by atoms with Crippen molar-refractivity contribution < 1.29 is 5.11 Å². The van der Waals surface area contributed by atoms with E-state index in [0.717, 1.165) is 10.0 Å². The van der Waals surface area contributed by atoms with E-state index in [1.54, 1.807) is 13.2 Å². The Morgan fingerprint density at radius 3 is 2.85 bits per heavy atom. The van der Waals surface area contributed by atoms with Crippen molar-refractivity contribution in [2.75, 3.05) is 12.4 Å². The van der Waals surface area contributed by atoms with Crippen LogP contribution in [0.5, 0.6) is 5.75 Å². The van der Waals surface area contributed by atoms with Crippen molar-refractivity contribution in [1.29, 1.82) is 0 Å². The van der Waals surface area contributed by atoms with Crippen molar-refractivity contribution in [2.45, 2.75) is 18.8 Å². The molecule has 1 saturated carbocycles. The maximum atomic E-state index is 9.83. The number of anilines is 1. The van der Waals surface area contributed by atoms with Crippen molar-refractivity contribution in [3.05, 3.63) is 16.2 Å². The van der Waals surface area contributed by atoms with Crippen LogP contribution in [0.3, 0.4) is 0 Å². The molecule has 0 atom stereocenters. The van der Waals surface area contributed by atoms with Crippen LogP contribution in [0.1, 0.15) is 24.3 Å². The van der Waals surface area contributed by atoms with Crippen LogP contribution in [0, 0.1) is 0 Å². The third kappa shape index (κ3) is 1.50. The summed E-state index contributed by atoms with van der Waals surface area (Å²) in [5, 5.41) is 12.7. The van der Waals surface area contributed by atoms with Gasteiger partial charge in [0.1, 0.15) is 0 Å². The molecule has 2 rings (SSSR count). The molecule has 70 valence electrons. The van der Waals surface area contributed by atoms with E-state index >= 15 is 0 Å². The lowest BCUT2D eigenvalue weighted by atomic mass is 10.1. The number of pyridine rings is 1. The van der Waals surface area contributed by atoms with Crippen molar-refractivity contribution >= 4 is 21.7 Å². The number of aromatic hydroxyl groups is 1. The minimum atomic E-state index is 0.291. The normalized spacial score (nSPS) is 15.8. The highest BCUT2D eigenvalue weighted by atomic mass is 79.9. The fraction of sp³-hybridized carbons (Fsp3) is 0.444. The first kappa shape index (κ1) is 8.81. The lowest BCUT2D eigenvalue weighted by Gasteiger charge is -2.09. The molecule has 2 N–H and O–H groups in total. The molecule has 13 heavy (non-hydrogen) atoms. The number of halogens is 1. The fourth-order valence-electron chi connectivity index (χ4n) is 1.44. The molecular formula is C9H11BrN2O. The van der Waals surface area contributed by atoms with Gasteiger partial charge in [-0.05, 0) is 34.7 Å². The molecule has 1 aliphatic rings. The predicted octanol–water partition coefficient (Wildman–Crippen LogP) is 2.47. The molecule has 0 spiro atoms. The van der Waals surface area contributed by atoms with Crippen LogP contribution in [0.15, 0.2) is 10.7 Å². The molecule has 4 heteroatoms.